The molecule has 0 fully saturated rings. The Labute approximate surface area is 126 Å². The molecule has 5 heteroatoms. The quantitative estimate of drug-likeness (QED) is 0.400. The van der Waals surface area contributed by atoms with Crippen LogP contribution in [-0.2, 0) is 4.79 Å². The van der Waals surface area contributed by atoms with Crippen molar-refractivity contribution in [2.75, 3.05) is 0 Å². The van der Waals surface area contributed by atoms with Crippen LogP contribution in [-0.4, -0.2) is 17.7 Å². The van der Waals surface area contributed by atoms with Gasteiger partial charge in [-0.3, -0.25) is 4.79 Å². The zero-order valence-corrected chi connectivity index (χ0v) is 11.6. The molecule has 0 aromatic heterocycles. The van der Waals surface area contributed by atoms with Crippen molar-refractivity contribution in [1.82, 2.24) is 0 Å². The molecule has 62 valence electrons. The van der Waals surface area contributed by atoms with Crippen LogP contribution in [0.2, 0.25) is 0 Å². The van der Waals surface area contributed by atoms with Crippen LogP contribution in [0.5, 0.6) is 5.75 Å². The average molecular weight is 267 g/mol. The molecule has 0 aliphatic heterocycles. The second kappa shape index (κ2) is 6.05. The van der Waals surface area contributed by atoms with E-state index in [1.54, 1.807) is 0 Å². The maximum absolute atomic E-state index is 10.4. The molecule has 0 spiro atoms. The third-order valence-electron chi connectivity index (χ3n) is 1.39. The van der Waals surface area contributed by atoms with Crippen LogP contribution < -0.4 is 51.4 Å². The molecular formula is C8H4BrKO3. The second-order valence-corrected chi connectivity index (χ2v) is 2.93. The molecule has 0 radical (unpaired) electrons. The largest absolute Gasteiger partial charge is 1.00 e. The summed E-state index contributed by atoms with van der Waals surface area (Å²) in [5, 5.41) is 9.25. The van der Waals surface area contributed by atoms with Crippen molar-refractivity contribution in [3.63, 3.8) is 0 Å². The molecule has 0 unspecified atom stereocenters. The number of halogens is 1. The fraction of sp³-hybridized carbons (Fsp3) is 0. The molecule has 0 heterocycles. The predicted octanol–water partition coefficient (Wildman–Crippen LogP) is -1.57. The van der Waals surface area contributed by atoms with Crippen molar-refractivity contribution in [1.29, 1.82) is 0 Å². The fourth-order valence-electron chi connectivity index (χ4n) is 0.778. The molecule has 13 heavy (non-hydrogen) atoms. The number of carbonyl (C=O) groups excluding carboxylic acids is 2. The molecule has 3 nitrogen and oxygen atoms in total. The van der Waals surface area contributed by atoms with Crippen molar-refractivity contribution in [3.8, 4) is 5.75 Å². The first-order chi connectivity index (χ1) is 5.70. The number of phenols is 1. The molecule has 0 amide bonds. The minimum atomic E-state index is -0.339. The summed E-state index contributed by atoms with van der Waals surface area (Å²) in [7, 11) is 0. The Hall–Kier alpha value is 0.476. The van der Waals surface area contributed by atoms with Crippen LogP contribution in [0.3, 0.4) is 0 Å². The smallest absolute Gasteiger partial charge is 0.564 e. The Kier molecular flexibility index (Phi) is 6.27. The number of carbonyl (C=O) groups is 1. The van der Waals surface area contributed by atoms with E-state index >= 15 is 0 Å². The minimum Gasteiger partial charge on any atom is -0.564 e. The number of phenolic OH excluding ortho intramolecular Hbond substituents is 1. The van der Waals surface area contributed by atoms with Crippen LogP contribution in [0.25, 0.3) is 0 Å². The summed E-state index contributed by atoms with van der Waals surface area (Å²) in [6, 6.07) is 2.88. The molecule has 0 saturated heterocycles. The molecule has 1 aromatic carbocycles. The molecule has 1 N–H and O–H groups in total. The van der Waals surface area contributed by atoms with Gasteiger partial charge in [-0.05, 0) is 0 Å². The molecular weight excluding hydrogens is 263 g/mol. The van der Waals surface area contributed by atoms with E-state index in [1.807, 2.05) is 0 Å². The van der Waals surface area contributed by atoms with Gasteiger partial charge in [-0.25, -0.2) is 0 Å². The van der Waals surface area contributed by atoms with Crippen LogP contribution in [0.1, 0.15) is 15.9 Å². The Morgan fingerprint density at radius 2 is 2.08 bits per heavy atom. The number of rotatable bonds is 2. The summed E-state index contributed by atoms with van der Waals surface area (Å²) in [5.74, 6) is -0.339. The van der Waals surface area contributed by atoms with Crippen molar-refractivity contribution >= 4 is 28.5 Å². The van der Waals surface area contributed by atoms with E-state index in [2.05, 4.69) is 15.9 Å². The van der Waals surface area contributed by atoms with E-state index in [1.165, 1.54) is 18.4 Å². The van der Waals surface area contributed by atoms with Gasteiger partial charge in [0.1, 0.15) is 6.29 Å². The van der Waals surface area contributed by atoms with Gasteiger partial charge < -0.3 is 9.90 Å². The van der Waals surface area contributed by atoms with Gasteiger partial charge in [0.2, 0.25) is 0 Å². The van der Waals surface area contributed by atoms with Gasteiger partial charge in [-0.2, -0.15) is 6.07 Å². The van der Waals surface area contributed by atoms with Crippen molar-refractivity contribution in [3.05, 3.63) is 27.7 Å². The SMILES string of the molecule is O=[C-]c1ccc(Br)c(C=O)c1O.[K+]. The van der Waals surface area contributed by atoms with Crippen LogP contribution in [0.15, 0.2) is 16.6 Å². The topological polar surface area (TPSA) is 54.4 Å². The first-order valence-electron chi connectivity index (χ1n) is 3.05. The van der Waals surface area contributed by atoms with Crippen LogP contribution in [0, 0.1) is 0 Å². The Bertz CT molecular complexity index is 338. The van der Waals surface area contributed by atoms with Crippen LogP contribution >= 0.6 is 15.9 Å². The van der Waals surface area contributed by atoms with Crippen molar-refractivity contribution in [2.24, 2.45) is 0 Å². The fourth-order valence-corrected chi connectivity index (χ4v) is 1.19. The summed E-state index contributed by atoms with van der Waals surface area (Å²) in [4.78, 5) is 20.6. The van der Waals surface area contributed by atoms with Gasteiger partial charge in [-0.1, -0.05) is 15.9 Å². The van der Waals surface area contributed by atoms with E-state index in [-0.39, 0.29) is 68.3 Å². The predicted molar refractivity (Wildman–Crippen MR) is 46.0 cm³/mol. The molecule has 0 aliphatic rings. The Morgan fingerprint density at radius 3 is 2.54 bits per heavy atom. The summed E-state index contributed by atoms with van der Waals surface area (Å²) < 4.78 is 0.453. The first kappa shape index (κ1) is 13.5. The Balaban J connectivity index is 0.00000144. The van der Waals surface area contributed by atoms with E-state index in [9.17, 15) is 14.7 Å². The third kappa shape index (κ3) is 2.97. The average Bonchev–Trinajstić information content (AvgIpc) is 2.06. The van der Waals surface area contributed by atoms with Gasteiger partial charge >= 0.3 is 51.4 Å². The normalized spacial score (nSPS) is 8.69. The molecule has 1 rings (SSSR count). The van der Waals surface area contributed by atoms with E-state index in [4.69, 9.17) is 0 Å². The zero-order chi connectivity index (χ0) is 9.14. The van der Waals surface area contributed by atoms with Gasteiger partial charge in [0, 0.05) is 15.8 Å². The molecule has 0 atom stereocenters. The molecule has 0 saturated carbocycles. The summed E-state index contributed by atoms with van der Waals surface area (Å²) in [5.41, 5.74) is 0.0520. The van der Waals surface area contributed by atoms with Gasteiger partial charge in [0.15, 0.2) is 0 Å². The summed E-state index contributed by atoms with van der Waals surface area (Å²) >= 11 is 3.05. The number of hydrogen-bond donors (Lipinski definition) is 1. The van der Waals surface area contributed by atoms with Crippen LogP contribution in [0.4, 0.5) is 0 Å². The number of aldehydes is 1. The molecule has 0 aliphatic carbocycles. The first-order valence-corrected chi connectivity index (χ1v) is 3.84. The van der Waals surface area contributed by atoms with Crippen molar-refractivity contribution < 1.29 is 66.1 Å². The van der Waals surface area contributed by atoms with E-state index in [0.29, 0.717) is 10.8 Å². The zero-order valence-electron chi connectivity index (χ0n) is 6.87. The minimum absolute atomic E-state index is 0. The van der Waals surface area contributed by atoms with E-state index in [0.717, 1.165) is 0 Å². The van der Waals surface area contributed by atoms with Gasteiger partial charge in [0.25, 0.3) is 0 Å². The van der Waals surface area contributed by atoms with E-state index < -0.39 is 0 Å². The molecule has 1 aromatic rings. The third-order valence-corrected chi connectivity index (χ3v) is 2.08. The number of benzene rings is 1. The summed E-state index contributed by atoms with van der Waals surface area (Å²) in [6.45, 7) is 0. The molecule has 0 bridgehead atoms. The van der Waals surface area contributed by atoms with Crippen molar-refractivity contribution in [2.45, 2.75) is 0 Å². The second-order valence-electron chi connectivity index (χ2n) is 2.08. The summed E-state index contributed by atoms with van der Waals surface area (Å²) in [6.07, 6.45) is 1.99. The monoisotopic (exact) mass is 266 g/mol. The maximum atomic E-state index is 10.4. The van der Waals surface area contributed by atoms with Gasteiger partial charge in [-0.15, -0.1) is 11.6 Å². The number of aromatic hydroxyl groups is 1. The maximum Gasteiger partial charge on any atom is 1.00 e. The standard InChI is InChI=1S/C8H4BrO3.K/c9-7-2-1-5(3-10)8(12)6(7)4-11;/h1-2,4,12H;/q-1;+1. The number of hydrogen-bond acceptors (Lipinski definition) is 3. The van der Waals surface area contributed by atoms with Gasteiger partial charge in [0.05, 0.1) is 6.29 Å². The Morgan fingerprint density at radius 1 is 1.46 bits per heavy atom.